The molecule has 1 atom stereocenters. The Kier molecular flexibility index (Phi) is 5.80. The predicted octanol–water partition coefficient (Wildman–Crippen LogP) is 5.17. The van der Waals surface area contributed by atoms with Gasteiger partial charge in [0.05, 0.1) is 30.3 Å². The second-order valence-corrected chi connectivity index (χ2v) is 8.32. The predicted molar refractivity (Wildman–Crippen MR) is 117 cm³/mol. The van der Waals surface area contributed by atoms with Gasteiger partial charge in [0.25, 0.3) is 11.7 Å². The Labute approximate surface area is 187 Å². The van der Waals surface area contributed by atoms with Gasteiger partial charge in [-0.3, -0.25) is 9.59 Å². The minimum Gasteiger partial charge on any atom is -0.507 e. The molecule has 158 valence electrons. The number of amides is 1. The van der Waals surface area contributed by atoms with Gasteiger partial charge in [-0.2, -0.15) is 0 Å². The van der Waals surface area contributed by atoms with Crippen LogP contribution in [0.25, 0.3) is 5.76 Å². The van der Waals surface area contributed by atoms with Gasteiger partial charge < -0.3 is 14.7 Å². The van der Waals surface area contributed by atoms with Crippen LogP contribution in [0.4, 0.5) is 4.39 Å². The lowest BCUT2D eigenvalue weighted by Gasteiger charge is -2.25. The van der Waals surface area contributed by atoms with Crippen LogP contribution in [-0.4, -0.2) is 28.8 Å². The number of benzene rings is 2. The van der Waals surface area contributed by atoms with Crippen LogP contribution in [0.15, 0.2) is 65.6 Å². The van der Waals surface area contributed by atoms with Crippen molar-refractivity contribution in [3.63, 3.8) is 0 Å². The van der Waals surface area contributed by atoms with E-state index in [1.165, 1.54) is 59.7 Å². The van der Waals surface area contributed by atoms with E-state index in [-0.39, 0.29) is 23.2 Å². The number of methoxy groups -OCH3 is 1. The number of ketones is 1. The minimum absolute atomic E-state index is 0.113. The number of aliphatic hydroxyl groups is 1. The molecule has 1 amide bonds. The van der Waals surface area contributed by atoms with Crippen LogP contribution in [0, 0.1) is 5.82 Å². The molecule has 1 aromatic heterocycles. The Bertz CT molecular complexity index is 1190. The molecule has 0 saturated carbocycles. The molecule has 8 heteroatoms. The molecule has 1 N–H and O–H groups in total. The molecule has 31 heavy (non-hydrogen) atoms. The monoisotopic (exact) mass is 457 g/mol. The number of thiophene rings is 1. The van der Waals surface area contributed by atoms with Crippen LogP contribution in [0.1, 0.15) is 22.0 Å². The number of aliphatic hydroxyl groups excluding tert-OH is 1. The first kappa shape index (κ1) is 21.1. The van der Waals surface area contributed by atoms with E-state index >= 15 is 0 Å². The fourth-order valence-corrected chi connectivity index (χ4v) is 4.49. The standard InChI is InChI=1S/C23H17ClFNO4S/c1-30-18-11-13(8-9-16(18)24)21(27)19-20(15-6-2-3-7-17(15)25)26(23(29)22(19)28)12-14-5-4-10-31-14/h2-11,20,27H,12H2,1H3/b21-19+. The molecule has 1 fully saturated rings. The van der Waals surface area contributed by atoms with Crippen LogP contribution in [-0.2, 0) is 16.1 Å². The smallest absolute Gasteiger partial charge is 0.295 e. The lowest BCUT2D eigenvalue weighted by molar-refractivity contribution is -0.140. The van der Waals surface area contributed by atoms with Gasteiger partial charge in [0.2, 0.25) is 0 Å². The normalized spacial score (nSPS) is 17.9. The molecule has 0 spiro atoms. The van der Waals surface area contributed by atoms with E-state index in [0.717, 1.165) is 4.88 Å². The molecule has 1 aliphatic heterocycles. The van der Waals surface area contributed by atoms with E-state index in [0.29, 0.717) is 10.8 Å². The molecule has 1 aliphatic rings. The van der Waals surface area contributed by atoms with Crippen molar-refractivity contribution in [1.29, 1.82) is 0 Å². The van der Waals surface area contributed by atoms with Crippen molar-refractivity contribution >= 4 is 40.4 Å². The van der Waals surface area contributed by atoms with Crippen molar-refractivity contribution in [1.82, 2.24) is 4.90 Å². The average molecular weight is 458 g/mol. The summed E-state index contributed by atoms with van der Waals surface area (Å²) in [6, 6.07) is 13.0. The maximum absolute atomic E-state index is 14.8. The van der Waals surface area contributed by atoms with E-state index in [1.54, 1.807) is 6.07 Å². The summed E-state index contributed by atoms with van der Waals surface area (Å²) in [6.45, 7) is 0.113. The highest BCUT2D eigenvalue weighted by Crippen LogP contribution is 2.42. The zero-order chi connectivity index (χ0) is 22.1. The molecule has 1 unspecified atom stereocenters. The summed E-state index contributed by atoms with van der Waals surface area (Å²) in [5, 5.41) is 13.2. The van der Waals surface area contributed by atoms with E-state index in [2.05, 4.69) is 0 Å². The number of hydrogen-bond acceptors (Lipinski definition) is 5. The fraction of sp³-hybridized carbons (Fsp3) is 0.130. The van der Waals surface area contributed by atoms with E-state index in [9.17, 15) is 19.1 Å². The molecule has 2 aromatic carbocycles. The van der Waals surface area contributed by atoms with Gasteiger partial charge in [-0.15, -0.1) is 11.3 Å². The molecule has 5 nitrogen and oxygen atoms in total. The van der Waals surface area contributed by atoms with Crippen molar-refractivity contribution in [2.75, 3.05) is 7.11 Å². The highest BCUT2D eigenvalue weighted by atomic mass is 35.5. The molecule has 1 saturated heterocycles. The van der Waals surface area contributed by atoms with Gasteiger partial charge in [0.15, 0.2) is 0 Å². The van der Waals surface area contributed by atoms with Crippen LogP contribution >= 0.6 is 22.9 Å². The highest BCUT2D eigenvalue weighted by molar-refractivity contribution is 7.09. The first-order chi connectivity index (χ1) is 14.9. The molecule has 0 bridgehead atoms. The number of nitrogens with zero attached hydrogens (tertiary/aromatic N) is 1. The van der Waals surface area contributed by atoms with Gasteiger partial charge >= 0.3 is 0 Å². The zero-order valence-electron chi connectivity index (χ0n) is 16.3. The molecule has 0 aliphatic carbocycles. The van der Waals surface area contributed by atoms with Crippen molar-refractivity contribution < 1.29 is 23.8 Å². The summed E-state index contributed by atoms with van der Waals surface area (Å²) in [4.78, 5) is 28.0. The number of halogens is 2. The summed E-state index contributed by atoms with van der Waals surface area (Å²) >= 11 is 7.48. The summed E-state index contributed by atoms with van der Waals surface area (Å²) < 4.78 is 20.0. The maximum atomic E-state index is 14.8. The Morgan fingerprint density at radius 3 is 2.65 bits per heavy atom. The van der Waals surface area contributed by atoms with Gasteiger partial charge in [0, 0.05) is 16.0 Å². The SMILES string of the molecule is COc1cc(/C(O)=C2\C(=O)C(=O)N(Cc3cccs3)C2c2ccccc2F)ccc1Cl. The highest BCUT2D eigenvalue weighted by Gasteiger charge is 2.47. The van der Waals surface area contributed by atoms with Crippen LogP contribution in [0.5, 0.6) is 5.75 Å². The van der Waals surface area contributed by atoms with Crippen molar-refractivity contribution in [2.45, 2.75) is 12.6 Å². The number of rotatable bonds is 5. The first-order valence-electron chi connectivity index (χ1n) is 9.31. The summed E-state index contributed by atoms with van der Waals surface area (Å²) in [6.07, 6.45) is 0. The second kappa shape index (κ2) is 8.53. The maximum Gasteiger partial charge on any atom is 0.295 e. The Morgan fingerprint density at radius 2 is 1.97 bits per heavy atom. The van der Waals surface area contributed by atoms with E-state index in [4.69, 9.17) is 16.3 Å². The second-order valence-electron chi connectivity index (χ2n) is 6.88. The molecule has 4 rings (SSSR count). The molecule has 2 heterocycles. The number of ether oxygens (including phenoxy) is 1. The third-order valence-electron chi connectivity index (χ3n) is 5.07. The van der Waals surface area contributed by atoms with Gasteiger partial charge in [-0.1, -0.05) is 35.9 Å². The van der Waals surface area contributed by atoms with Gasteiger partial charge in [-0.05, 0) is 35.7 Å². The largest absolute Gasteiger partial charge is 0.507 e. The van der Waals surface area contributed by atoms with Crippen LogP contribution in [0.3, 0.4) is 0 Å². The lowest BCUT2D eigenvalue weighted by atomic mass is 9.95. The van der Waals surface area contributed by atoms with Crippen molar-refractivity contribution in [2.24, 2.45) is 0 Å². The number of carbonyl (C=O) groups excluding carboxylic acids is 2. The Hall–Kier alpha value is -3.16. The van der Waals surface area contributed by atoms with Crippen LogP contribution in [0.2, 0.25) is 5.02 Å². The molecule has 0 radical (unpaired) electrons. The topological polar surface area (TPSA) is 66.8 Å². The molecule has 3 aromatic rings. The third-order valence-corrected chi connectivity index (χ3v) is 6.24. The van der Waals surface area contributed by atoms with E-state index in [1.807, 2.05) is 17.5 Å². The van der Waals surface area contributed by atoms with Gasteiger partial charge in [0.1, 0.15) is 17.3 Å². The van der Waals surface area contributed by atoms with Gasteiger partial charge in [-0.25, -0.2) is 4.39 Å². The third kappa shape index (κ3) is 3.82. The molecular weight excluding hydrogens is 441 g/mol. The van der Waals surface area contributed by atoms with Crippen molar-refractivity contribution in [3.05, 3.63) is 92.4 Å². The number of likely N-dealkylation sites (tertiary alicyclic amines) is 1. The minimum atomic E-state index is -1.08. The number of Topliss-reactive ketones (excluding diaryl/α,β-unsaturated/α-hetero) is 1. The number of carbonyl (C=O) groups is 2. The Balaban J connectivity index is 1.90. The summed E-state index contributed by atoms with van der Waals surface area (Å²) in [7, 11) is 1.42. The number of hydrogen-bond donors (Lipinski definition) is 1. The average Bonchev–Trinajstić information content (AvgIpc) is 3.36. The zero-order valence-corrected chi connectivity index (χ0v) is 17.9. The fourth-order valence-electron chi connectivity index (χ4n) is 3.60. The molecular formula is C23H17ClFNO4S. The first-order valence-corrected chi connectivity index (χ1v) is 10.6. The lowest BCUT2D eigenvalue weighted by Crippen LogP contribution is -2.29. The summed E-state index contributed by atoms with van der Waals surface area (Å²) in [5.41, 5.74) is 0.175. The Morgan fingerprint density at radius 1 is 1.19 bits per heavy atom. The van der Waals surface area contributed by atoms with Crippen LogP contribution < -0.4 is 4.74 Å². The quantitative estimate of drug-likeness (QED) is 0.326. The van der Waals surface area contributed by atoms with Crippen molar-refractivity contribution in [3.8, 4) is 5.75 Å². The summed E-state index contributed by atoms with van der Waals surface area (Å²) in [5.74, 6) is -2.39. The van der Waals surface area contributed by atoms with E-state index < -0.39 is 29.3 Å².